The zero-order valence-corrected chi connectivity index (χ0v) is 9.11. The quantitative estimate of drug-likeness (QED) is 0.650. The lowest BCUT2D eigenvalue weighted by Crippen LogP contribution is -2.39. The lowest BCUT2D eigenvalue weighted by Gasteiger charge is -2.12. The van der Waals surface area contributed by atoms with E-state index in [0.717, 1.165) is 4.57 Å². The monoisotopic (exact) mass is 210 g/mol. The van der Waals surface area contributed by atoms with Crippen molar-refractivity contribution in [1.29, 1.82) is 0 Å². The minimum atomic E-state index is -0.398. The largest absolute Gasteiger partial charge is 0.482 e. The average molecular weight is 210 g/mol. The highest BCUT2D eigenvalue weighted by Gasteiger charge is 2.14. The molecule has 0 aromatic carbocycles. The fourth-order valence-corrected chi connectivity index (χ4v) is 1.47. The van der Waals surface area contributed by atoms with Gasteiger partial charge in [0.25, 0.3) is 5.56 Å². The van der Waals surface area contributed by atoms with Crippen LogP contribution in [0.2, 0.25) is 0 Å². The maximum absolute atomic E-state index is 11.7. The number of allylic oxidation sites excluding steroid dienone is 1. The Bertz CT molecular complexity index is 497. The van der Waals surface area contributed by atoms with Gasteiger partial charge < -0.3 is 4.74 Å². The third kappa shape index (κ3) is 1.72. The Hall–Kier alpha value is -1.78. The van der Waals surface area contributed by atoms with Crippen LogP contribution in [0.15, 0.2) is 22.2 Å². The Balaban J connectivity index is 3.70. The van der Waals surface area contributed by atoms with Crippen molar-refractivity contribution in [3.8, 4) is 5.88 Å². The van der Waals surface area contributed by atoms with E-state index in [4.69, 9.17) is 4.74 Å². The summed E-state index contributed by atoms with van der Waals surface area (Å²) in [6.07, 6.45) is 1.98. The first-order valence-electron chi connectivity index (χ1n) is 4.48. The van der Waals surface area contributed by atoms with Gasteiger partial charge in [0.15, 0.2) is 0 Å². The smallest absolute Gasteiger partial charge is 0.333 e. The first-order chi connectivity index (χ1) is 7.04. The van der Waals surface area contributed by atoms with E-state index in [1.165, 1.54) is 18.7 Å². The molecule has 1 aromatic rings. The van der Waals surface area contributed by atoms with Gasteiger partial charge in [-0.3, -0.25) is 13.9 Å². The van der Waals surface area contributed by atoms with Crippen LogP contribution >= 0.6 is 0 Å². The molecule has 0 atom stereocenters. The summed E-state index contributed by atoms with van der Waals surface area (Å²) in [4.78, 5) is 23.3. The van der Waals surface area contributed by atoms with E-state index in [9.17, 15) is 9.59 Å². The molecule has 0 fully saturated rings. The molecule has 5 nitrogen and oxygen atoms in total. The van der Waals surface area contributed by atoms with E-state index < -0.39 is 5.69 Å². The van der Waals surface area contributed by atoms with Crippen LogP contribution in [0, 0.1) is 0 Å². The number of aromatic nitrogens is 2. The Morgan fingerprint density at radius 3 is 2.40 bits per heavy atom. The molecule has 82 valence electrons. The van der Waals surface area contributed by atoms with Gasteiger partial charge in [0.1, 0.15) is 0 Å². The Morgan fingerprint density at radius 2 is 1.93 bits per heavy atom. The molecule has 0 radical (unpaired) electrons. The minimum Gasteiger partial charge on any atom is -0.482 e. The molecule has 1 heterocycles. The lowest BCUT2D eigenvalue weighted by molar-refractivity contribution is 0.363. The second-order valence-electron chi connectivity index (χ2n) is 3.19. The maximum Gasteiger partial charge on any atom is 0.333 e. The molecule has 0 aliphatic rings. The summed E-state index contributed by atoms with van der Waals surface area (Å²) in [6.45, 7) is 3.56. The van der Waals surface area contributed by atoms with Crippen molar-refractivity contribution in [1.82, 2.24) is 9.13 Å². The molecule has 1 rings (SSSR count). The number of methoxy groups -OCH3 is 1. The lowest BCUT2D eigenvalue weighted by atomic mass is 10.2. The Morgan fingerprint density at radius 1 is 1.33 bits per heavy atom. The van der Waals surface area contributed by atoms with Crippen LogP contribution in [0.4, 0.5) is 0 Å². The third-order valence-corrected chi connectivity index (χ3v) is 2.24. The fourth-order valence-electron chi connectivity index (χ4n) is 1.47. The molecule has 0 saturated carbocycles. The second kappa shape index (κ2) is 4.16. The summed E-state index contributed by atoms with van der Waals surface area (Å²) < 4.78 is 7.41. The second-order valence-corrected chi connectivity index (χ2v) is 3.19. The summed E-state index contributed by atoms with van der Waals surface area (Å²) in [7, 11) is 4.44. The van der Waals surface area contributed by atoms with Gasteiger partial charge in [0, 0.05) is 20.5 Å². The summed E-state index contributed by atoms with van der Waals surface area (Å²) in [5.74, 6) is 0.294. The molecule has 0 N–H and O–H groups in total. The molecule has 15 heavy (non-hydrogen) atoms. The predicted octanol–water partition coefficient (Wildman–Crippen LogP) is -0.179. The van der Waals surface area contributed by atoms with E-state index in [0.29, 0.717) is 17.9 Å². The van der Waals surface area contributed by atoms with E-state index in [2.05, 4.69) is 6.58 Å². The van der Waals surface area contributed by atoms with E-state index in [-0.39, 0.29) is 5.56 Å². The number of hydrogen-bond donors (Lipinski definition) is 0. The van der Waals surface area contributed by atoms with Crippen molar-refractivity contribution in [2.45, 2.75) is 6.42 Å². The molecule has 0 spiro atoms. The molecular formula is C10H14N2O3. The van der Waals surface area contributed by atoms with Crippen LogP contribution in [-0.2, 0) is 20.5 Å². The van der Waals surface area contributed by atoms with Gasteiger partial charge in [-0.2, -0.15) is 0 Å². The molecule has 0 amide bonds. The highest BCUT2D eigenvalue weighted by molar-refractivity contribution is 5.26. The fraction of sp³-hybridized carbons (Fsp3) is 0.400. The normalized spacial score (nSPS) is 10.1. The first kappa shape index (κ1) is 11.3. The third-order valence-electron chi connectivity index (χ3n) is 2.24. The predicted molar refractivity (Wildman–Crippen MR) is 57.4 cm³/mol. The summed E-state index contributed by atoms with van der Waals surface area (Å²) in [5, 5.41) is 0. The van der Waals surface area contributed by atoms with Crippen molar-refractivity contribution in [3.63, 3.8) is 0 Å². The Labute approximate surface area is 87.2 Å². The first-order valence-corrected chi connectivity index (χ1v) is 4.48. The van der Waals surface area contributed by atoms with Gasteiger partial charge >= 0.3 is 5.69 Å². The molecule has 0 aliphatic heterocycles. The van der Waals surface area contributed by atoms with Crippen LogP contribution in [0.5, 0.6) is 5.88 Å². The van der Waals surface area contributed by atoms with E-state index in [1.54, 1.807) is 13.1 Å². The van der Waals surface area contributed by atoms with Crippen molar-refractivity contribution in [3.05, 3.63) is 39.1 Å². The summed E-state index contributed by atoms with van der Waals surface area (Å²) in [5.41, 5.74) is -0.295. The van der Waals surface area contributed by atoms with Crippen LogP contribution < -0.4 is 16.0 Å². The van der Waals surface area contributed by atoms with Gasteiger partial charge in [-0.05, 0) is 0 Å². The van der Waals surface area contributed by atoms with Crippen LogP contribution in [0.3, 0.4) is 0 Å². The highest BCUT2D eigenvalue weighted by Crippen LogP contribution is 2.11. The van der Waals surface area contributed by atoms with Gasteiger partial charge in [-0.1, -0.05) is 6.08 Å². The molecule has 0 bridgehead atoms. The van der Waals surface area contributed by atoms with E-state index in [1.807, 2.05) is 0 Å². The number of ether oxygens (including phenoxy) is 1. The maximum atomic E-state index is 11.7. The van der Waals surface area contributed by atoms with Crippen LogP contribution in [0.25, 0.3) is 0 Å². The standard InChI is InChI=1S/C10H14N2O3/c1-5-6-7-8(13)11(2)10(14)12(3)9(7)15-4/h5H,1,6H2,2-4H3. The van der Waals surface area contributed by atoms with E-state index >= 15 is 0 Å². The zero-order valence-electron chi connectivity index (χ0n) is 9.11. The SMILES string of the molecule is C=CCc1c(OC)n(C)c(=O)n(C)c1=O. The molecular weight excluding hydrogens is 196 g/mol. The number of hydrogen-bond acceptors (Lipinski definition) is 3. The minimum absolute atomic E-state index is 0.294. The van der Waals surface area contributed by atoms with Crippen molar-refractivity contribution in [2.24, 2.45) is 14.1 Å². The number of nitrogens with zero attached hydrogens (tertiary/aromatic N) is 2. The van der Waals surface area contributed by atoms with Crippen molar-refractivity contribution in [2.75, 3.05) is 7.11 Å². The van der Waals surface area contributed by atoms with Crippen molar-refractivity contribution >= 4 is 0 Å². The van der Waals surface area contributed by atoms with Gasteiger partial charge in [-0.15, -0.1) is 6.58 Å². The van der Waals surface area contributed by atoms with Gasteiger partial charge in [-0.25, -0.2) is 4.79 Å². The number of rotatable bonds is 3. The molecule has 1 aromatic heterocycles. The van der Waals surface area contributed by atoms with Crippen molar-refractivity contribution < 1.29 is 4.74 Å². The molecule has 0 aliphatic carbocycles. The molecule has 0 saturated heterocycles. The van der Waals surface area contributed by atoms with Crippen LogP contribution in [0.1, 0.15) is 5.56 Å². The average Bonchev–Trinajstić information content (AvgIpc) is 2.24. The van der Waals surface area contributed by atoms with Crippen LogP contribution in [-0.4, -0.2) is 16.2 Å². The molecule has 5 heteroatoms. The summed E-state index contributed by atoms with van der Waals surface area (Å²) in [6, 6.07) is 0. The van der Waals surface area contributed by atoms with Gasteiger partial charge in [0.2, 0.25) is 5.88 Å². The summed E-state index contributed by atoms with van der Waals surface area (Å²) >= 11 is 0. The highest BCUT2D eigenvalue weighted by atomic mass is 16.5. The topological polar surface area (TPSA) is 53.2 Å². The Kier molecular flexibility index (Phi) is 3.14. The zero-order chi connectivity index (χ0) is 11.6. The molecule has 0 unspecified atom stereocenters. The van der Waals surface area contributed by atoms with Gasteiger partial charge in [0.05, 0.1) is 12.7 Å².